The maximum Gasteiger partial charge on any atom is 0.325 e. The number of ether oxygens (including phenoxy) is 1. The van der Waals surface area contributed by atoms with Gasteiger partial charge in [0.25, 0.3) is 0 Å². The fraction of sp³-hybridized carbons (Fsp3) is 0.941. The summed E-state index contributed by atoms with van der Waals surface area (Å²) in [6.45, 7) is 11.1. The largest absolute Gasteiger partial charge is 0.468 e. The lowest BCUT2D eigenvalue weighted by atomic mass is 9.85. The molecule has 1 heterocycles. The van der Waals surface area contributed by atoms with Gasteiger partial charge in [0.2, 0.25) is 0 Å². The van der Waals surface area contributed by atoms with Crippen LogP contribution in [0.1, 0.15) is 53.4 Å². The van der Waals surface area contributed by atoms with E-state index in [1.807, 2.05) is 6.92 Å². The summed E-state index contributed by atoms with van der Waals surface area (Å²) in [6.07, 6.45) is 4.49. The van der Waals surface area contributed by atoms with E-state index < -0.39 is 5.54 Å². The van der Waals surface area contributed by atoms with Gasteiger partial charge in [0.15, 0.2) is 0 Å². The summed E-state index contributed by atoms with van der Waals surface area (Å²) in [5, 5.41) is 3.49. The average Bonchev–Trinajstić information content (AvgIpc) is 3.24. The summed E-state index contributed by atoms with van der Waals surface area (Å²) in [6, 6.07) is 1.11. The highest BCUT2D eigenvalue weighted by Crippen LogP contribution is 2.29. The number of piperidine rings is 1. The number of nitrogens with one attached hydrogen (secondary N) is 1. The molecule has 4 atom stereocenters. The first-order valence-corrected chi connectivity index (χ1v) is 8.46. The molecule has 0 aromatic rings. The minimum absolute atomic E-state index is 0.125. The number of carbonyl (C=O) groups is 1. The number of likely N-dealkylation sites (tertiary alicyclic amines) is 1. The first-order valence-electron chi connectivity index (χ1n) is 8.46. The van der Waals surface area contributed by atoms with Gasteiger partial charge in [0, 0.05) is 25.2 Å². The van der Waals surface area contributed by atoms with Gasteiger partial charge in [-0.15, -0.1) is 0 Å². The first-order chi connectivity index (χ1) is 9.85. The van der Waals surface area contributed by atoms with Crippen LogP contribution in [-0.2, 0) is 9.53 Å². The third-order valence-corrected chi connectivity index (χ3v) is 5.35. The van der Waals surface area contributed by atoms with Gasteiger partial charge in [-0.2, -0.15) is 0 Å². The third kappa shape index (κ3) is 4.19. The van der Waals surface area contributed by atoms with Gasteiger partial charge in [-0.1, -0.05) is 13.8 Å². The number of rotatable bonds is 6. The van der Waals surface area contributed by atoms with E-state index in [1.165, 1.54) is 26.4 Å². The summed E-state index contributed by atoms with van der Waals surface area (Å²) in [5.41, 5.74) is -0.542. The fourth-order valence-electron chi connectivity index (χ4n) is 3.63. The summed E-state index contributed by atoms with van der Waals surface area (Å²) >= 11 is 0. The molecule has 4 heteroatoms. The van der Waals surface area contributed by atoms with Gasteiger partial charge in [-0.3, -0.25) is 10.1 Å². The van der Waals surface area contributed by atoms with Crippen LogP contribution in [-0.4, -0.2) is 48.7 Å². The molecule has 1 saturated carbocycles. The number of methoxy groups -OCH3 is 1. The maximum atomic E-state index is 12.2. The Hall–Kier alpha value is -0.610. The Morgan fingerprint density at radius 2 is 2.00 bits per heavy atom. The van der Waals surface area contributed by atoms with Crippen LogP contribution in [0.25, 0.3) is 0 Å². The molecule has 0 aromatic heterocycles. The van der Waals surface area contributed by atoms with Crippen LogP contribution in [0, 0.1) is 11.8 Å². The maximum absolute atomic E-state index is 12.2. The second-order valence-electron chi connectivity index (χ2n) is 7.55. The summed E-state index contributed by atoms with van der Waals surface area (Å²) in [4.78, 5) is 14.7. The van der Waals surface area contributed by atoms with E-state index in [9.17, 15) is 4.79 Å². The van der Waals surface area contributed by atoms with E-state index in [-0.39, 0.29) is 5.97 Å². The molecule has 0 aromatic carbocycles. The van der Waals surface area contributed by atoms with E-state index in [2.05, 4.69) is 31.0 Å². The predicted octanol–water partition coefficient (Wildman–Crippen LogP) is 2.43. The lowest BCUT2D eigenvalue weighted by molar-refractivity contribution is -0.148. The van der Waals surface area contributed by atoms with E-state index in [0.29, 0.717) is 12.1 Å². The van der Waals surface area contributed by atoms with Gasteiger partial charge in [0.05, 0.1) is 7.11 Å². The highest BCUT2D eigenvalue weighted by Gasteiger charge is 2.40. The second kappa shape index (κ2) is 6.66. The van der Waals surface area contributed by atoms with E-state index in [1.54, 1.807) is 0 Å². The molecule has 122 valence electrons. The highest BCUT2D eigenvalue weighted by molar-refractivity contribution is 5.80. The minimum atomic E-state index is -0.542. The van der Waals surface area contributed by atoms with Crippen LogP contribution < -0.4 is 5.32 Å². The number of esters is 1. The number of carbonyl (C=O) groups excluding carboxylic acids is 1. The molecule has 0 amide bonds. The van der Waals surface area contributed by atoms with Gasteiger partial charge < -0.3 is 9.64 Å². The zero-order valence-corrected chi connectivity index (χ0v) is 14.3. The first kappa shape index (κ1) is 16.8. The molecule has 4 unspecified atom stereocenters. The van der Waals surface area contributed by atoms with Crippen LogP contribution >= 0.6 is 0 Å². The van der Waals surface area contributed by atoms with Crippen molar-refractivity contribution in [1.82, 2.24) is 10.2 Å². The molecule has 2 rings (SSSR count). The van der Waals surface area contributed by atoms with Crippen molar-refractivity contribution < 1.29 is 9.53 Å². The molecule has 4 nitrogen and oxygen atoms in total. The van der Waals surface area contributed by atoms with Gasteiger partial charge >= 0.3 is 5.97 Å². The van der Waals surface area contributed by atoms with Crippen LogP contribution in [0.2, 0.25) is 0 Å². The van der Waals surface area contributed by atoms with E-state index >= 15 is 0 Å². The Labute approximate surface area is 129 Å². The lowest BCUT2D eigenvalue weighted by Crippen LogP contribution is -2.54. The topological polar surface area (TPSA) is 41.6 Å². The molecule has 1 aliphatic heterocycles. The van der Waals surface area contributed by atoms with Gasteiger partial charge in [-0.25, -0.2) is 0 Å². The fourth-order valence-corrected chi connectivity index (χ4v) is 3.63. The molecule has 1 aliphatic carbocycles. The number of nitrogens with zero attached hydrogens (tertiary/aromatic N) is 1. The van der Waals surface area contributed by atoms with Crippen LogP contribution in [0.3, 0.4) is 0 Å². The molecule has 2 fully saturated rings. The zero-order valence-electron chi connectivity index (χ0n) is 14.3. The molecule has 0 radical (unpaired) electrons. The molecule has 21 heavy (non-hydrogen) atoms. The van der Waals surface area contributed by atoms with Crippen molar-refractivity contribution in [2.24, 2.45) is 11.8 Å². The SMILES string of the molecule is COC(=O)C(C)(CCN1CC(C)CC(C)C1C)NC1CC1. The van der Waals surface area contributed by atoms with Crippen molar-refractivity contribution in [2.45, 2.75) is 71.0 Å². The van der Waals surface area contributed by atoms with Crippen LogP contribution in [0.15, 0.2) is 0 Å². The number of hydrogen-bond donors (Lipinski definition) is 1. The van der Waals surface area contributed by atoms with Crippen LogP contribution in [0.4, 0.5) is 0 Å². The molecule has 0 bridgehead atoms. The predicted molar refractivity (Wildman–Crippen MR) is 85.2 cm³/mol. The monoisotopic (exact) mass is 296 g/mol. The van der Waals surface area contributed by atoms with Crippen LogP contribution in [0.5, 0.6) is 0 Å². The van der Waals surface area contributed by atoms with Crippen molar-refractivity contribution in [1.29, 1.82) is 0 Å². The molecule has 1 N–H and O–H groups in total. The Balaban J connectivity index is 1.95. The van der Waals surface area contributed by atoms with Gasteiger partial charge in [-0.05, 0) is 51.4 Å². The normalized spacial score (nSPS) is 33.5. The standard InChI is InChI=1S/C17H32N2O2/c1-12-10-13(2)14(3)19(11-12)9-8-17(4,16(20)21-5)18-15-6-7-15/h12-15,18H,6-11H2,1-5H3. The quantitative estimate of drug-likeness (QED) is 0.764. The van der Waals surface area contributed by atoms with Crippen molar-refractivity contribution in [2.75, 3.05) is 20.2 Å². The lowest BCUT2D eigenvalue weighted by Gasteiger charge is -2.42. The molecular formula is C17H32N2O2. The molecular weight excluding hydrogens is 264 g/mol. The van der Waals surface area contributed by atoms with Crippen molar-refractivity contribution >= 4 is 5.97 Å². The number of hydrogen-bond acceptors (Lipinski definition) is 4. The summed E-state index contributed by atoms with van der Waals surface area (Å²) < 4.78 is 5.03. The molecule has 2 aliphatic rings. The molecule has 0 spiro atoms. The zero-order chi connectivity index (χ0) is 15.6. The average molecular weight is 296 g/mol. The van der Waals surface area contributed by atoms with Crippen molar-refractivity contribution in [3.63, 3.8) is 0 Å². The summed E-state index contributed by atoms with van der Waals surface area (Å²) in [5.74, 6) is 1.35. The van der Waals surface area contributed by atoms with Crippen molar-refractivity contribution in [3.8, 4) is 0 Å². The van der Waals surface area contributed by atoms with E-state index in [0.717, 1.165) is 31.3 Å². The Morgan fingerprint density at radius 3 is 2.57 bits per heavy atom. The van der Waals surface area contributed by atoms with Crippen molar-refractivity contribution in [3.05, 3.63) is 0 Å². The van der Waals surface area contributed by atoms with Gasteiger partial charge in [0.1, 0.15) is 5.54 Å². The smallest absolute Gasteiger partial charge is 0.325 e. The minimum Gasteiger partial charge on any atom is -0.468 e. The van der Waals surface area contributed by atoms with E-state index in [4.69, 9.17) is 4.74 Å². The molecule has 1 saturated heterocycles. The third-order valence-electron chi connectivity index (χ3n) is 5.35. The Bertz CT molecular complexity index is 370. The highest BCUT2D eigenvalue weighted by atomic mass is 16.5. The summed E-state index contributed by atoms with van der Waals surface area (Å²) in [7, 11) is 1.49. The second-order valence-corrected chi connectivity index (χ2v) is 7.55. The Morgan fingerprint density at radius 1 is 1.33 bits per heavy atom. The Kier molecular flexibility index (Phi) is 5.31.